The lowest BCUT2D eigenvalue weighted by Crippen LogP contribution is -2.63. The van der Waals surface area contributed by atoms with Gasteiger partial charge in [-0.15, -0.1) is 0 Å². The van der Waals surface area contributed by atoms with Crippen LogP contribution in [0.3, 0.4) is 0 Å². The van der Waals surface area contributed by atoms with E-state index in [9.17, 15) is 9.18 Å². The Balaban J connectivity index is 1.58. The van der Waals surface area contributed by atoms with E-state index < -0.39 is 11.8 Å². The summed E-state index contributed by atoms with van der Waals surface area (Å²) in [4.78, 5) is 22.4. The number of alkyl halides is 1. The molecule has 26 heavy (non-hydrogen) atoms. The summed E-state index contributed by atoms with van der Waals surface area (Å²) in [5.74, 6) is 0.126. The van der Waals surface area contributed by atoms with E-state index in [2.05, 4.69) is 37.5 Å². The van der Waals surface area contributed by atoms with Crippen LogP contribution in [-0.2, 0) is 4.74 Å². The number of benzene rings is 1. The first kappa shape index (κ1) is 17.4. The molecule has 1 aromatic carbocycles. The second-order valence-electron chi connectivity index (χ2n) is 6.81. The highest BCUT2D eigenvalue weighted by molar-refractivity contribution is 14.1. The Morgan fingerprint density at radius 2 is 2.12 bits per heavy atom. The Hall–Kier alpha value is -1.97. The number of rotatable bonds is 4. The molecule has 0 atom stereocenters. The van der Waals surface area contributed by atoms with Crippen LogP contribution in [0.1, 0.15) is 23.2 Å². The normalized spacial score (nSPS) is 18.2. The summed E-state index contributed by atoms with van der Waals surface area (Å²) in [7, 11) is 1.24. The summed E-state index contributed by atoms with van der Waals surface area (Å²) in [6.45, 7) is 1.88. The van der Waals surface area contributed by atoms with Gasteiger partial charge in [-0.05, 0) is 31.0 Å². The highest BCUT2D eigenvalue weighted by atomic mass is 127. The maximum Gasteiger partial charge on any atom is 0.341 e. The maximum absolute atomic E-state index is 13.5. The van der Waals surface area contributed by atoms with E-state index in [0.29, 0.717) is 17.0 Å². The third-order valence-electron chi connectivity index (χ3n) is 4.89. The number of halogens is 2. The van der Waals surface area contributed by atoms with Crippen LogP contribution >= 0.6 is 22.6 Å². The van der Waals surface area contributed by atoms with Crippen molar-refractivity contribution in [3.8, 4) is 11.5 Å². The molecule has 4 rings (SSSR count). The van der Waals surface area contributed by atoms with E-state index in [1.807, 2.05) is 0 Å². The maximum atomic E-state index is 13.5. The van der Waals surface area contributed by atoms with Crippen molar-refractivity contribution in [3.63, 3.8) is 0 Å². The molecule has 2 aromatic rings. The number of nitrogens with zero attached hydrogens (tertiary/aromatic N) is 3. The van der Waals surface area contributed by atoms with E-state index in [1.165, 1.54) is 38.4 Å². The molecule has 1 saturated carbocycles. The van der Waals surface area contributed by atoms with Crippen molar-refractivity contribution in [1.29, 1.82) is 0 Å². The number of carbonyl (C=O) groups is 1. The molecule has 0 N–H and O–H groups in total. The first-order valence-corrected chi connectivity index (χ1v) is 9.49. The Bertz CT molecular complexity index is 849. The molecule has 136 valence electrons. The second kappa shape index (κ2) is 6.64. The van der Waals surface area contributed by atoms with Crippen LogP contribution < -0.4 is 9.64 Å². The molecule has 6 nitrogen and oxygen atoms in total. The lowest BCUT2D eigenvalue weighted by Gasteiger charge is -2.58. The highest BCUT2D eigenvalue weighted by Crippen LogP contribution is 2.53. The fraction of sp³-hybridized carbons (Fsp3) is 0.389. The van der Waals surface area contributed by atoms with Gasteiger partial charge < -0.3 is 14.4 Å². The number of hydrogen-bond donors (Lipinski definition) is 0. The topological polar surface area (TPSA) is 64.5 Å². The number of ether oxygens (including phenoxy) is 2. The standard InChI is InChI=1S/C18H17FIN3O3/c1-25-17(24)13-4-11(19)2-3-14(13)26-15-7-21-10-22-16(15)23-8-18(9-23)5-12(20)6-18/h2-4,7,10,12H,5-6,8-9H2,1H3. The summed E-state index contributed by atoms with van der Waals surface area (Å²) >= 11 is 2.49. The predicted octanol–water partition coefficient (Wildman–Crippen LogP) is 3.60. The average molecular weight is 469 g/mol. The van der Waals surface area contributed by atoms with Crippen LogP contribution in [0.2, 0.25) is 0 Å². The molecule has 2 fully saturated rings. The van der Waals surface area contributed by atoms with Crippen LogP contribution in [0.4, 0.5) is 10.2 Å². The Morgan fingerprint density at radius 1 is 1.35 bits per heavy atom. The predicted molar refractivity (Wildman–Crippen MR) is 102 cm³/mol. The van der Waals surface area contributed by atoms with Gasteiger partial charge in [0.15, 0.2) is 11.6 Å². The quantitative estimate of drug-likeness (QED) is 0.388. The number of esters is 1. The second-order valence-corrected chi connectivity index (χ2v) is 8.57. The van der Waals surface area contributed by atoms with Crippen molar-refractivity contribution in [2.75, 3.05) is 25.1 Å². The van der Waals surface area contributed by atoms with Gasteiger partial charge in [-0.2, -0.15) is 0 Å². The van der Waals surface area contributed by atoms with Gasteiger partial charge in [-0.25, -0.2) is 19.2 Å². The van der Waals surface area contributed by atoms with Gasteiger partial charge >= 0.3 is 5.97 Å². The van der Waals surface area contributed by atoms with Crippen molar-refractivity contribution in [2.24, 2.45) is 5.41 Å². The van der Waals surface area contributed by atoms with Crippen LogP contribution in [0, 0.1) is 11.2 Å². The van der Waals surface area contributed by atoms with Gasteiger partial charge in [0.25, 0.3) is 0 Å². The monoisotopic (exact) mass is 469 g/mol. The van der Waals surface area contributed by atoms with Crippen LogP contribution in [0.15, 0.2) is 30.7 Å². The first-order valence-electron chi connectivity index (χ1n) is 8.24. The number of carbonyl (C=O) groups excluding carboxylic acids is 1. The fourth-order valence-electron chi connectivity index (χ4n) is 3.65. The fourth-order valence-corrected chi connectivity index (χ4v) is 5.52. The van der Waals surface area contributed by atoms with Crippen LogP contribution in [0.25, 0.3) is 0 Å². The van der Waals surface area contributed by atoms with Crippen molar-refractivity contribution in [2.45, 2.75) is 16.8 Å². The van der Waals surface area contributed by atoms with Crippen molar-refractivity contribution in [1.82, 2.24) is 9.97 Å². The molecular weight excluding hydrogens is 452 g/mol. The van der Waals surface area contributed by atoms with Crippen molar-refractivity contribution >= 4 is 34.4 Å². The summed E-state index contributed by atoms with van der Waals surface area (Å²) in [5.41, 5.74) is 0.426. The Morgan fingerprint density at radius 3 is 2.81 bits per heavy atom. The van der Waals surface area contributed by atoms with E-state index in [4.69, 9.17) is 9.47 Å². The molecule has 0 unspecified atom stereocenters. The van der Waals surface area contributed by atoms with Gasteiger partial charge in [-0.1, -0.05) is 22.6 Å². The van der Waals surface area contributed by atoms with Crippen LogP contribution in [0.5, 0.6) is 11.5 Å². The summed E-state index contributed by atoms with van der Waals surface area (Å²) < 4.78 is 24.9. The lowest BCUT2D eigenvalue weighted by atomic mass is 9.63. The zero-order valence-corrected chi connectivity index (χ0v) is 16.3. The zero-order valence-electron chi connectivity index (χ0n) is 14.1. The highest BCUT2D eigenvalue weighted by Gasteiger charge is 2.52. The first-order chi connectivity index (χ1) is 12.5. The number of aromatic nitrogens is 2. The van der Waals surface area contributed by atoms with Gasteiger partial charge in [-0.3, -0.25) is 0 Å². The van der Waals surface area contributed by atoms with E-state index in [-0.39, 0.29) is 11.3 Å². The van der Waals surface area contributed by atoms with Gasteiger partial charge in [0.2, 0.25) is 0 Å². The smallest absolute Gasteiger partial charge is 0.341 e. The molecule has 1 aliphatic carbocycles. The third kappa shape index (κ3) is 3.10. The van der Waals surface area contributed by atoms with Gasteiger partial charge in [0.05, 0.1) is 13.3 Å². The van der Waals surface area contributed by atoms with E-state index in [1.54, 1.807) is 6.20 Å². The third-order valence-corrected chi connectivity index (χ3v) is 5.77. The molecule has 0 bridgehead atoms. The lowest BCUT2D eigenvalue weighted by molar-refractivity contribution is 0.0597. The Kier molecular flexibility index (Phi) is 4.45. The molecule has 0 radical (unpaired) electrons. The van der Waals surface area contributed by atoms with Crippen molar-refractivity contribution < 1.29 is 18.7 Å². The summed E-state index contributed by atoms with van der Waals surface area (Å²) in [6, 6.07) is 3.74. The summed E-state index contributed by atoms with van der Waals surface area (Å²) in [6.07, 6.45) is 5.49. The Labute approximate surface area is 163 Å². The minimum atomic E-state index is -0.664. The van der Waals surface area contributed by atoms with Crippen molar-refractivity contribution in [3.05, 3.63) is 42.1 Å². The van der Waals surface area contributed by atoms with E-state index in [0.717, 1.165) is 23.1 Å². The van der Waals surface area contributed by atoms with E-state index >= 15 is 0 Å². The molecule has 8 heteroatoms. The minimum Gasteiger partial charge on any atom is -0.465 e. The number of hydrogen-bond acceptors (Lipinski definition) is 6. The van der Waals surface area contributed by atoms with Crippen LogP contribution in [-0.4, -0.2) is 40.1 Å². The molecule has 1 aromatic heterocycles. The van der Waals surface area contributed by atoms with Gasteiger partial charge in [0, 0.05) is 22.4 Å². The minimum absolute atomic E-state index is 0.0223. The molecule has 2 heterocycles. The largest absolute Gasteiger partial charge is 0.465 e. The number of methoxy groups -OCH3 is 1. The molecular formula is C18H17FIN3O3. The molecule has 2 aliphatic rings. The molecule has 0 amide bonds. The average Bonchev–Trinajstić information content (AvgIpc) is 2.58. The SMILES string of the molecule is COC(=O)c1cc(F)ccc1Oc1cncnc1N1CC2(CC(I)C2)C1. The molecule has 1 saturated heterocycles. The zero-order chi connectivity index (χ0) is 18.3. The molecule has 1 aliphatic heterocycles. The molecule has 1 spiro atoms. The van der Waals surface area contributed by atoms with Gasteiger partial charge in [0.1, 0.15) is 23.5 Å². The summed E-state index contributed by atoms with van der Waals surface area (Å²) in [5, 5.41) is 0. The number of anilines is 1.